The van der Waals surface area contributed by atoms with Gasteiger partial charge in [0.05, 0.1) is 17.7 Å². The number of ketones is 1. The summed E-state index contributed by atoms with van der Waals surface area (Å²) in [5, 5.41) is 22.3. The van der Waals surface area contributed by atoms with Gasteiger partial charge >= 0.3 is 5.97 Å². The normalized spacial score (nSPS) is 15.7. The van der Waals surface area contributed by atoms with E-state index >= 15 is 0 Å². The number of carbonyl (C=O) groups is 3. The molecule has 2 aromatic carbocycles. The number of nitrogens with two attached hydrogens (primary N) is 2. The van der Waals surface area contributed by atoms with Crippen molar-refractivity contribution < 1.29 is 19.5 Å². The van der Waals surface area contributed by atoms with E-state index in [0.29, 0.717) is 11.1 Å². The molecule has 0 aromatic heterocycles. The summed E-state index contributed by atoms with van der Waals surface area (Å²) in [6.45, 7) is 0.219. The maximum atomic E-state index is 13.0. The Morgan fingerprint density at radius 1 is 1.15 bits per heavy atom. The first-order valence-electron chi connectivity index (χ1n) is 10.00. The molecule has 1 atom stereocenters. The number of aromatic carboxylic acids is 1. The number of hydrogen-bond acceptors (Lipinski definition) is 8. The van der Waals surface area contributed by atoms with Crippen LogP contribution in [0, 0.1) is 5.41 Å². The van der Waals surface area contributed by atoms with Crippen molar-refractivity contribution in [1.29, 1.82) is 5.41 Å². The van der Waals surface area contributed by atoms with Gasteiger partial charge < -0.3 is 27.3 Å². The van der Waals surface area contributed by atoms with Gasteiger partial charge in [-0.2, -0.15) is 0 Å². The number of Topliss-reactive ketones (excluding diaryl/α,β-unsaturated/α-hetero) is 1. The summed E-state index contributed by atoms with van der Waals surface area (Å²) in [5.41, 5.74) is 19.3. The lowest BCUT2D eigenvalue weighted by Gasteiger charge is -2.28. The predicted octanol–water partition coefficient (Wildman–Crippen LogP) is -0.109. The van der Waals surface area contributed by atoms with Crippen LogP contribution in [0.5, 0.6) is 0 Å². The molecule has 1 aliphatic heterocycles. The molecular formula is C22H25N7O4. The van der Waals surface area contributed by atoms with Gasteiger partial charge in [0.15, 0.2) is 5.78 Å². The van der Waals surface area contributed by atoms with E-state index in [-0.39, 0.29) is 47.1 Å². The largest absolute Gasteiger partial charge is 0.478 e. The van der Waals surface area contributed by atoms with Crippen LogP contribution < -0.4 is 33.0 Å². The highest BCUT2D eigenvalue weighted by molar-refractivity contribution is 6.10. The predicted molar refractivity (Wildman–Crippen MR) is 123 cm³/mol. The summed E-state index contributed by atoms with van der Waals surface area (Å²) < 4.78 is 0. The highest BCUT2D eigenvalue weighted by Crippen LogP contribution is 2.25. The van der Waals surface area contributed by atoms with Crippen molar-refractivity contribution in [2.45, 2.75) is 19.1 Å². The SMILES string of the molecule is CNC1NNC(c2cc(N)cc(C(=O)O)c2)=C(CC(=O)NCc2ccc(C(=N)N)cc2)C1=O. The van der Waals surface area contributed by atoms with E-state index < -0.39 is 18.0 Å². The number of nitrogen functional groups attached to an aromatic ring is 2. The Kier molecular flexibility index (Phi) is 7.06. The van der Waals surface area contributed by atoms with Crippen LogP contribution in [0.3, 0.4) is 0 Å². The molecule has 2 aromatic rings. The Bertz CT molecular complexity index is 1140. The van der Waals surface area contributed by atoms with E-state index in [9.17, 15) is 19.5 Å². The summed E-state index contributed by atoms with van der Waals surface area (Å²) in [4.78, 5) is 37.1. The molecule has 3 rings (SSSR count). The highest BCUT2D eigenvalue weighted by Gasteiger charge is 2.30. The Morgan fingerprint density at radius 2 is 1.85 bits per heavy atom. The lowest BCUT2D eigenvalue weighted by atomic mass is 9.95. The molecule has 10 N–H and O–H groups in total. The second kappa shape index (κ2) is 9.94. The summed E-state index contributed by atoms with van der Waals surface area (Å²) in [5.74, 6) is -1.96. The Hall–Kier alpha value is -4.22. The zero-order chi connectivity index (χ0) is 24.1. The summed E-state index contributed by atoms with van der Waals surface area (Å²) in [6.07, 6.45) is -1.00. The van der Waals surface area contributed by atoms with Crippen molar-refractivity contribution in [3.8, 4) is 0 Å². The number of carboxylic acids is 1. The second-order valence-electron chi connectivity index (χ2n) is 7.42. The van der Waals surface area contributed by atoms with Crippen molar-refractivity contribution >= 4 is 34.9 Å². The van der Waals surface area contributed by atoms with Gasteiger partial charge in [0, 0.05) is 28.9 Å². The number of amidine groups is 1. The number of hydrazine groups is 1. The molecule has 0 bridgehead atoms. The number of likely N-dealkylation sites (N-methyl/N-ethyl adjacent to an activating group) is 1. The molecule has 0 spiro atoms. The molecule has 1 aliphatic rings. The van der Waals surface area contributed by atoms with Gasteiger partial charge in [-0.3, -0.25) is 20.3 Å². The van der Waals surface area contributed by atoms with Crippen molar-refractivity contribution in [2.75, 3.05) is 12.8 Å². The minimum Gasteiger partial charge on any atom is -0.478 e. The summed E-state index contributed by atoms with van der Waals surface area (Å²) in [7, 11) is 1.59. The smallest absolute Gasteiger partial charge is 0.335 e. The Balaban J connectivity index is 1.84. The molecule has 11 heteroatoms. The highest BCUT2D eigenvalue weighted by atomic mass is 16.4. The average Bonchev–Trinajstić information content (AvgIpc) is 2.78. The van der Waals surface area contributed by atoms with E-state index in [2.05, 4.69) is 21.5 Å². The fourth-order valence-electron chi connectivity index (χ4n) is 3.35. The number of hydrogen-bond donors (Lipinski definition) is 8. The quantitative estimate of drug-likeness (QED) is 0.153. The molecule has 0 radical (unpaired) electrons. The minimum atomic E-state index is -1.16. The molecular weight excluding hydrogens is 426 g/mol. The number of nitrogens with one attached hydrogen (secondary N) is 5. The Labute approximate surface area is 189 Å². The summed E-state index contributed by atoms with van der Waals surface area (Å²) in [6, 6.07) is 11.1. The monoisotopic (exact) mass is 451 g/mol. The van der Waals surface area contributed by atoms with Gasteiger partial charge in [-0.05, 0) is 30.8 Å². The van der Waals surface area contributed by atoms with E-state index in [4.69, 9.17) is 16.9 Å². The molecule has 0 saturated heterocycles. The number of carbonyl (C=O) groups excluding carboxylic acids is 2. The zero-order valence-corrected chi connectivity index (χ0v) is 17.9. The minimum absolute atomic E-state index is 0.0414. The third-order valence-corrected chi connectivity index (χ3v) is 5.07. The van der Waals surface area contributed by atoms with Gasteiger partial charge in [-0.1, -0.05) is 24.3 Å². The number of carboxylic acid groups (broad SMARTS) is 1. The first-order chi connectivity index (χ1) is 15.7. The zero-order valence-electron chi connectivity index (χ0n) is 17.9. The molecule has 1 amide bonds. The lowest BCUT2D eigenvalue weighted by Crippen LogP contribution is -2.56. The van der Waals surface area contributed by atoms with Gasteiger partial charge in [0.25, 0.3) is 0 Å². The van der Waals surface area contributed by atoms with E-state index in [1.165, 1.54) is 18.2 Å². The standard InChI is InChI=1S/C22H25N7O4/c1-26-21-19(31)16(9-17(30)27-10-11-2-4-12(5-3-11)20(24)25)18(28-29-21)13-6-14(22(32)33)8-15(23)7-13/h2-8,21,26,28-29H,9-10,23H2,1H3,(H3,24,25)(H,27,30)(H,32,33). The van der Waals surface area contributed by atoms with Crippen LogP contribution in [-0.2, 0) is 16.1 Å². The topological polar surface area (TPSA) is 195 Å². The third-order valence-electron chi connectivity index (χ3n) is 5.07. The van der Waals surface area contributed by atoms with E-state index in [1.807, 2.05) is 0 Å². The van der Waals surface area contributed by atoms with Crippen LogP contribution in [0.1, 0.15) is 33.5 Å². The van der Waals surface area contributed by atoms with Gasteiger partial charge in [-0.25, -0.2) is 10.2 Å². The van der Waals surface area contributed by atoms with Crippen LogP contribution in [0.15, 0.2) is 48.0 Å². The van der Waals surface area contributed by atoms with Crippen molar-refractivity contribution in [1.82, 2.24) is 21.5 Å². The van der Waals surface area contributed by atoms with Gasteiger partial charge in [0.1, 0.15) is 12.0 Å². The van der Waals surface area contributed by atoms with Crippen molar-refractivity contribution in [3.05, 3.63) is 70.3 Å². The maximum Gasteiger partial charge on any atom is 0.335 e. The average molecular weight is 451 g/mol. The number of anilines is 1. The van der Waals surface area contributed by atoms with Gasteiger partial charge in [0.2, 0.25) is 5.91 Å². The fourth-order valence-corrected chi connectivity index (χ4v) is 3.35. The maximum absolute atomic E-state index is 13.0. The third kappa shape index (κ3) is 5.53. The van der Waals surface area contributed by atoms with E-state index in [1.54, 1.807) is 31.3 Å². The first-order valence-corrected chi connectivity index (χ1v) is 10.00. The Morgan fingerprint density at radius 3 is 2.45 bits per heavy atom. The molecule has 11 nitrogen and oxygen atoms in total. The molecule has 1 heterocycles. The molecule has 172 valence electrons. The fraction of sp³-hybridized carbons (Fsp3) is 0.182. The van der Waals surface area contributed by atoms with Crippen LogP contribution in [0.2, 0.25) is 0 Å². The van der Waals surface area contributed by atoms with Crippen LogP contribution in [0.25, 0.3) is 5.70 Å². The molecule has 0 aliphatic carbocycles. The summed E-state index contributed by atoms with van der Waals surface area (Å²) >= 11 is 0. The first kappa shape index (κ1) is 23.4. The van der Waals surface area contributed by atoms with Gasteiger partial charge in [-0.15, -0.1) is 0 Å². The number of benzene rings is 2. The molecule has 33 heavy (non-hydrogen) atoms. The molecule has 0 fully saturated rings. The van der Waals surface area contributed by atoms with Crippen molar-refractivity contribution in [2.24, 2.45) is 5.73 Å². The van der Waals surface area contributed by atoms with Crippen LogP contribution in [-0.4, -0.2) is 41.8 Å². The molecule has 1 unspecified atom stereocenters. The van der Waals surface area contributed by atoms with Crippen LogP contribution in [0.4, 0.5) is 5.69 Å². The molecule has 0 saturated carbocycles. The van der Waals surface area contributed by atoms with Crippen LogP contribution >= 0.6 is 0 Å². The van der Waals surface area contributed by atoms with Crippen molar-refractivity contribution in [3.63, 3.8) is 0 Å². The number of rotatable bonds is 8. The number of amides is 1. The second-order valence-corrected chi connectivity index (χ2v) is 7.42. The lowest BCUT2D eigenvalue weighted by molar-refractivity contribution is -0.123. The van der Waals surface area contributed by atoms with E-state index in [0.717, 1.165) is 5.56 Å².